The van der Waals surface area contributed by atoms with Gasteiger partial charge in [0.05, 0.1) is 29.2 Å². The van der Waals surface area contributed by atoms with Crippen molar-refractivity contribution in [3.8, 4) is 0 Å². The third-order valence-electron chi connectivity index (χ3n) is 6.61. The number of hydrogen-bond acceptors (Lipinski definition) is 7. The van der Waals surface area contributed by atoms with Crippen LogP contribution in [0, 0.1) is 13.8 Å². The highest BCUT2D eigenvalue weighted by Gasteiger charge is 2.24. The summed E-state index contributed by atoms with van der Waals surface area (Å²) in [6.07, 6.45) is -1.28. The summed E-state index contributed by atoms with van der Waals surface area (Å²) in [4.78, 5) is 52.0. The van der Waals surface area contributed by atoms with E-state index in [1.165, 1.54) is 11.0 Å². The molecule has 0 radical (unpaired) electrons. The molecule has 10 heteroatoms. The Morgan fingerprint density at radius 2 is 1.41 bits per heavy atom. The number of halogens is 2. The first-order chi connectivity index (χ1) is 21.1. The Bertz CT molecular complexity index is 1680. The van der Waals surface area contributed by atoms with E-state index >= 15 is 0 Å². The number of benzene rings is 4. The molecule has 0 N–H and O–H groups in total. The van der Waals surface area contributed by atoms with E-state index in [9.17, 15) is 19.2 Å². The third kappa shape index (κ3) is 8.55. The molecular formula is C34H29BrClNO7. The minimum atomic E-state index is -0.848. The van der Waals surface area contributed by atoms with Crippen LogP contribution in [0.25, 0.3) is 0 Å². The summed E-state index contributed by atoms with van der Waals surface area (Å²) in [5.74, 6) is -1.53. The minimum absolute atomic E-state index is 0.0999. The normalized spacial score (nSPS) is 10.5. The van der Waals surface area contributed by atoms with Crippen molar-refractivity contribution in [2.45, 2.75) is 33.3 Å². The number of anilines is 2. The number of aryl methyl sites for hydroxylation is 2. The lowest BCUT2D eigenvalue weighted by Crippen LogP contribution is -2.29. The van der Waals surface area contributed by atoms with Crippen molar-refractivity contribution in [1.82, 2.24) is 0 Å². The molecule has 4 aromatic carbocycles. The van der Waals surface area contributed by atoms with Gasteiger partial charge in [-0.1, -0.05) is 82.1 Å². The molecule has 0 unspecified atom stereocenters. The number of carbonyl (C=O) groups is 4. The van der Waals surface area contributed by atoms with Gasteiger partial charge in [0.25, 0.3) is 0 Å². The lowest BCUT2D eigenvalue weighted by Gasteiger charge is -2.24. The number of amides is 1. The second kappa shape index (κ2) is 15.3. The van der Waals surface area contributed by atoms with Gasteiger partial charge in [-0.05, 0) is 66.9 Å². The van der Waals surface area contributed by atoms with Crippen LogP contribution in [0.4, 0.5) is 16.2 Å². The molecule has 0 bridgehead atoms. The second-order valence-electron chi connectivity index (χ2n) is 9.77. The Labute approximate surface area is 268 Å². The molecule has 8 nitrogen and oxygen atoms in total. The monoisotopic (exact) mass is 677 g/mol. The van der Waals surface area contributed by atoms with Crippen molar-refractivity contribution in [3.63, 3.8) is 0 Å². The quantitative estimate of drug-likeness (QED) is 0.0895. The van der Waals surface area contributed by atoms with Crippen molar-refractivity contribution in [3.05, 3.63) is 128 Å². The van der Waals surface area contributed by atoms with Crippen molar-refractivity contribution < 1.29 is 33.4 Å². The van der Waals surface area contributed by atoms with E-state index in [4.69, 9.17) is 25.8 Å². The fourth-order valence-corrected chi connectivity index (χ4v) is 5.05. The Morgan fingerprint density at radius 3 is 2.09 bits per heavy atom. The van der Waals surface area contributed by atoms with E-state index in [0.717, 1.165) is 21.2 Å². The molecule has 4 rings (SSSR count). The summed E-state index contributed by atoms with van der Waals surface area (Å²) < 4.78 is 16.3. The second-order valence-corrected chi connectivity index (χ2v) is 11.1. The molecule has 4 aromatic rings. The largest absolute Gasteiger partial charge is 0.461 e. The fourth-order valence-electron chi connectivity index (χ4n) is 4.31. The van der Waals surface area contributed by atoms with Crippen LogP contribution < -0.4 is 4.90 Å². The van der Waals surface area contributed by atoms with Gasteiger partial charge >= 0.3 is 18.0 Å². The molecule has 0 fully saturated rings. The van der Waals surface area contributed by atoms with Crippen molar-refractivity contribution in [1.29, 1.82) is 0 Å². The van der Waals surface area contributed by atoms with Crippen molar-refractivity contribution >= 4 is 62.7 Å². The fraction of sp³-hybridized carbons (Fsp3) is 0.176. The molecule has 0 aromatic heterocycles. The highest BCUT2D eigenvalue weighted by atomic mass is 79.9. The third-order valence-corrected chi connectivity index (χ3v) is 7.41. The minimum Gasteiger partial charge on any atom is -0.461 e. The molecule has 226 valence electrons. The van der Waals surface area contributed by atoms with E-state index in [2.05, 4.69) is 15.9 Å². The van der Waals surface area contributed by atoms with Gasteiger partial charge in [-0.15, -0.1) is 0 Å². The molecule has 0 aliphatic heterocycles. The maximum Gasteiger partial charge on any atom is 0.421 e. The van der Waals surface area contributed by atoms with Crippen LogP contribution in [0.5, 0.6) is 0 Å². The molecule has 44 heavy (non-hydrogen) atoms. The number of esters is 2. The summed E-state index contributed by atoms with van der Waals surface area (Å²) in [5.41, 5.74) is 3.99. The van der Waals surface area contributed by atoms with Crippen molar-refractivity contribution in [2.75, 3.05) is 11.7 Å². The molecule has 1 amide bonds. The van der Waals surface area contributed by atoms with Crippen LogP contribution >= 0.6 is 27.5 Å². The van der Waals surface area contributed by atoms with Gasteiger partial charge < -0.3 is 14.2 Å². The topological polar surface area (TPSA) is 99.2 Å². The molecule has 0 saturated heterocycles. The summed E-state index contributed by atoms with van der Waals surface area (Å²) in [7, 11) is 0. The lowest BCUT2D eigenvalue weighted by molar-refractivity contribution is -0.156. The van der Waals surface area contributed by atoms with Gasteiger partial charge in [0.2, 0.25) is 6.79 Å². The first-order valence-corrected chi connectivity index (χ1v) is 14.8. The summed E-state index contributed by atoms with van der Waals surface area (Å²) in [5, 5.41) is 0.147. The van der Waals surface area contributed by atoms with Gasteiger partial charge in [0, 0.05) is 15.6 Å². The van der Waals surface area contributed by atoms with Crippen LogP contribution in [0.2, 0.25) is 5.02 Å². The molecule has 0 heterocycles. The maximum absolute atomic E-state index is 13.4. The molecule has 0 aliphatic rings. The van der Waals surface area contributed by atoms with E-state index in [0.29, 0.717) is 16.9 Å². The van der Waals surface area contributed by atoms with Crippen LogP contribution in [0.1, 0.15) is 45.5 Å². The van der Waals surface area contributed by atoms with Gasteiger partial charge in [0.1, 0.15) is 6.61 Å². The van der Waals surface area contributed by atoms with E-state index in [-0.39, 0.29) is 35.8 Å². The zero-order chi connectivity index (χ0) is 31.6. The van der Waals surface area contributed by atoms with E-state index in [1.807, 2.05) is 62.4 Å². The number of carbonyl (C=O) groups excluding carboxylic acids is 4. The predicted molar refractivity (Wildman–Crippen MR) is 170 cm³/mol. The summed E-state index contributed by atoms with van der Waals surface area (Å²) >= 11 is 10.0. The highest BCUT2D eigenvalue weighted by Crippen LogP contribution is 2.34. The number of hydrogen-bond donors (Lipinski definition) is 0. The van der Waals surface area contributed by atoms with Crippen LogP contribution in [-0.4, -0.2) is 30.6 Å². The van der Waals surface area contributed by atoms with Crippen LogP contribution in [0.15, 0.2) is 95.5 Å². The smallest absolute Gasteiger partial charge is 0.421 e. The summed E-state index contributed by atoms with van der Waals surface area (Å²) in [6, 6.07) is 26.3. The van der Waals surface area contributed by atoms with Crippen LogP contribution in [-0.2, 0) is 30.4 Å². The molecular weight excluding hydrogens is 650 g/mol. The number of ether oxygens (including phenoxy) is 3. The lowest BCUT2D eigenvalue weighted by atomic mass is 9.99. The number of rotatable bonds is 11. The maximum atomic E-state index is 13.4. The van der Waals surface area contributed by atoms with E-state index in [1.54, 1.807) is 36.4 Å². The molecule has 0 aliphatic carbocycles. The average molecular weight is 679 g/mol. The Hall–Kier alpha value is -4.47. The Kier molecular flexibility index (Phi) is 11.3. The van der Waals surface area contributed by atoms with Gasteiger partial charge in [-0.25, -0.2) is 9.69 Å². The SMILES string of the molecule is Cc1ccccc1C(=O)c1ccc(N(C(=O)OCOC(=O)CCC(=O)OCc2ccccc2)c2ccc(Br)cc2C)cc1Cl. The van der Waals surface area contributed by atoms with Crippen LogP contribution in [0.3, 0.4) is 0 Å². The average Bonchev–Trinajstić information content (AvgIpc) is 3.01. The van der Waals surface area contributed by atoms with Gasteiger partial charge in [-0.2, -0.15) is 0 Å². The predicted octanol–water partition coefficient (Wildman–Crippen LogP) is 8.25. The standard InChI is InChI=1S/C34H29BrClNO7/c1-22-8-6-7-11-27(22)33(40)28-14-13-26(19-29(28)36)37(30-15-12-25(35)18-23(30)2)34(41)44-21-43-32(39)17-16-31(38)42-20-24-9-4-3-5-10-24/h3-15,18-19H,16-17,20-21H2,1-2H3. The van der Waals surface area contributed by atoms with Crippen molar-refractivity contribution in [2.24, 2.45) is 0 Å². The highest BCUT2D eigenvalue weighted by molar-refractivity contribution is 9.10. The zero-order valence-corrected chi connectivity index (χ0v) is 26.4. The first-order valence-electron chi connectivity index (χ1n) is 13.6. The molecule has 0 spiro atoms. The zero-order valence-electron chi connectivity index (χ0n) is 24.0. The Morgan fingerprint density at radius 1 is 0.727 bits per heavy atom. The first kappa shape index (κ1) is 32.4. The molecule has 0 atom stereocenters. The molecule has 0 saturated carbocycles. The van der Waals surface area contributed by atoms with Gasteiger partial charge in [-0.3, -0.25) is 14.4 Å². The number of nitrogens with zero attached hydrogens (tertiary/aromatic N) is 1. The Balaban J connectivity index is 1.42. The number of ketones is 1. The van der Waals surface area contributed by atoms with Gasteiger partial charge in [0.15, 0.2) is 5.78 Å². The summed E-state index contributed by atoms with van der Waals surface area (Å²) in [6.45, 7) is 3.08. The van der Waals surface area contributed by atoms with E-state index < -0.39 is 24.8 Å².